The number of nitrogens with zero attached hydrogens (tertiary/aromatic N) is 1. The Hall–Kier alpha value is -2.74. The van der Waals surface area contributed by atoms with Crippen LogP contribution in [0.3, 0.4) is 0 Å². The molecule has 7 nitrogen and oxygen atoms in total. The normalized spacial score (nSPS) is 11.8. The van der Waals surface area contributed by atoms with E-state index in [2.05, 4.69) is 4.98 Å². The number of imidazole rings is 1. The van der Waals surface area contributed by atoms with Gasteiger partial charge in [-0.3, -0.25) is 0 Å². The number of aryl methyl sites for hydroxylation is 2. The Bertz CT molecular complexity index is 1110. The van der Waals surface area contributed by atoms with Crippen molar-refractivity contribution < 1.29 is 13.2 Å². The molecule has 0 atom stereocenters. The highest BCUT2D eigenvalue weighted by atomic mass is 32.2. The molecular weight excluding hydrogens is 330 g/mol. The van der Waals surface area contributed by atoms with Gasteiger partial charge in [0, 0.05) is 5.69 Å². The van der Waals surface area contributed by atoms with E-state index in [-0.39, 0.29) is 10.4 Å². The molecule has 0 unspecified atom stereocenters. The number of nitrogen functional groups attached to an aromatic ring is 1. The number of methoxy groups -OCH3 is 1. The van der Waals surface area contributed by atoms with Crippen molar-refractivity contribution in [3.05, 3.63) is 51.9 Å². The van der Waals surface area contributed by atoms with Gasteiger partial charge >= 0.3 is 5.69 Å². The fourth-order valence-electron chi connectivity index (χ4n) is 2.70. The number of aromatic nitrogens is 2. The Morgan fingerprint density at radius 1 is 1.12 bits per heavy atom. The Labute approximate surface area is 138 Å². The summed E-state index contributed by atoms with van der Waals surface area (Å²) in [6.07, 6.45) is 0. The number of benzene rings is 2. The molecule has 3 aromatic rings. The maximum Gasteiger partial charge on any atom is 0.340 e. The number of ether oxygens (including phenoxy) is 1. The van der Waals surface area contributed by atoms with Crippen LogP contribution in [-0.2, 0) is 10.0 Å². The van der Waals surface area contributed by atoms with Gasteiger partial charge in [-0.05, 0) is 55.3 Å². The Morgan fingerprint density at radius 2 is 1.83 bits per heavy atom. The number of fused-ring (bicyclic) bond motifs is 1. The van der Waals surface area contributed by atoms with Crippen molar-refractivity contribution in [3.63, 3.8) is 0 Å². The van der Waals surface area contributed by atoms with Gasteiger partial charge in [-0.25, -0.2) is 13.2 Å². The van der Waals surface area contributed by atoms with Crippen LogP contribution in [0.1, 0.15) is 11.1 Å². The summed E-state index contributed by atoms with van der Waals surface area (Å²) in [4.78, 5) is 14.8. The number of anilines is 1. The molecule has 0 amide bonds. The Morgan fingerprint density at radius 3 is 2.50 bits per heavy atom. The molecule has 0 spiro atoms. The SMILES string of the molecule is COc1cc(C)c(S(=O)(=O)n2c(=O)[nH]c3ccc(N)cc32)cc1C. The van der Waals surface area contributed by atoms with Crippen LogP contribution in [-0.4, -0.2) is 24.5 Å². The van der Waals surface area contributed by atoms with Gasteiger partial charge in [-0.1, -0.05) is 0 Å². The maximum absolute atomic E-state index is 13.1. The fourth-order valence-corrected chi connectivity index (χ4v) is 4.36. The number of H-pyrrole nitrogens is 1. The minimum absolute atomic E-state index is 0.0474. The molecule has 0 fully saturated rings. The molecule has 3 N–H and O–H groups in total. The van der Waals surface area contributed by atoms with Gasteiger partial charge in [-0.2, -0.15) is 3.97 Å². The summed E-state index contributed by atoms with van der Waals surface area (Å²) < 4.78 is 32.1. The van der Waals surface area contributed by atoms with Gasteiger partial charge in [0.15, 0.2) is 0 Å². The maximum atomic E-state index is 13.1. The van der Waals surface area contributed by atoms with E-state index in [9.17, 15) is 13.2 Å². The van der Waals surface area contributed by atoms with Gasteiger partial charge in [-0.15, -0.1) is 0 Å². The summed E-state index contributed by atoms with van der Waals surface area (Å²) in [6.45, 7) is 3.40. The molecule has 3 rings (SSSR count). The minimum atomic E-state index is -4.09. The molecule has 126 valence electrons. The second-order valence-corrected chi connectivity index (χ2v) is 7.32. The predicted octanol–water partition coefficient (Wildman–Crippen LogP) is 1.77. The van der Waals surface area contributed by atoms with E-state index in [1.807, 2.05) is 0 Å². The van der Waals surface area contributed by atoms with Crippen LogP contribution in [0.2, 0.25) is 0 Å². The Kier molecular flexibility index (Phi) is 3.64. The molecule has 0 saturated carbocycles. The zero-order valence-corrected chi connectivity index (χ0v) is 14.3. The van der Waals surface area contributed by atoms with Crippen molar-refractivity contribution in [3.8, 4) is 5.75 Å². The number of nitrogens with one attached hydrogen (secondary N) is 1. The van der Waals surface area contributed by atoms with Gasteiger partial charge in [0.25, 0.3) is 10.0 Å². The molecule has 0 bridgehead atoms. The van der Waals surface area contributed by atoms with Crippen molar-refractivity contribution in [1.82, 2.24) is 8.96 Å². The van der Waals surface area contributed by atoms with Crippen LogP contribution in [0.25, 0.3) is 11.0 Å². The predicted molar refractivity (Wildman–Crippen MR) is 92.0 cm³/mol. The first-order valence-corrected chi connectivity index (χ1v) is 8.61. The third kappa shape index (κ3) is 2.35. The molecule has 0 aliphatic heterocycles. The van der Waals surface area contributed by atoms with E-state index >= 15 is 0 Å². The van der Waals surface area contributed by atoms with Crippen molar-refractivity contribution in [2.75, 3.05) is 12.8 Å². The highest BCUT2D eigenvalue weighted by Crippen LogP contribution is 2.28. The van der Waals surface area contributed by atoms with Crippen LogP contribution in [0.15, 0.2) is 40.0 Å². The van der Waals surface area contributed by atoms with Crippen molar-refractivity contribution in [2.24, 2.45) is 0 Å². The van der Waals surface area contributed by atoms with Gasteiger partial charge in [0.05, 0.1) is 23.0 Å². The van der Waals surface area contributed by atoms with Gasteiger partial charge in [0.2, 0.25) is 0 Å². The van der Waals surface area contributed by atoms with Crippen LogP contribution in [0, 0.1) is 13.8 Å². The van der Waals surface area contributed by atoms with E-state index in [1.54, 1.807) is 32.0 Å². The molecule has 1 heterocycles. The number of aromatic amines is 1. The lowest BCUT2D eigenvalue weighted by Gasteiger charge is -2.12. The lowest BCUT2D eigenvalue weighted by atomic mass is 10.1. The zero-order valence-electron chi connectivity index (χ0n) is 13.5. The van der Waals surface area contributed by atoms with Crippen molar-refractivity contribution in [1.29, 1.82) is 0 Å². The van der Waals surface area contributed by atoms with Crippen LogP contribution >= 0.6 is 0 Å². The minimum Gasteiger partial charge on any atom is -0.496 e. The van der Waals surface area contributed by atoms with E-state index in [1.165, 1.54) is 19.2 Å². The highest BCUT2D eigenvalue weighted by Gasteiger charge is 2.25. The largest absolute Gasteiger partial charge is 0.496 e. The molecule has 24 heavy (non-hydrogen) atoms. The summed E-state index contributed by atoms with van der Waals surface area (Å²) >= 11 is 0. The van der Waals surface area contributed by atoms with Gasteiger partial charge < -0.3 is 15.5 Å². The van der Waals surface area contributed by atoms with Crippen LogP contribution in [0.4, 0.5) is 5.69 Å². The van der Waals surface area contributed by atoms with Gasteiger partial charge in [0.1, 0.15) is 5.75 Å². The van der Waals surface area contributed by atoms with Crippen LogP contribution < -0.4 is 16.2 Å². The molecule has 0 aliphatic rings. The number of rotatable bonds is 3. The number of hydrogen-bond donors (Lipinski definition) is 2. The second kappa shape index (κ2) is 5.41. The van der Waals surface area contributed by atoms with E-state index < -0.39 is 15.7 Å². The molecule has 2 aromatic carbocycles. The zero-order chi connectivity index (χ0) is 17.6. The lowest BCUT2D eigenvalue weighted by molar-refractivity contribution is 0.411. The summed E-state index contributed by atoms with van der Waals surface area (Å²) in [5.74, 6) is 0.585. The number of hydrogen-bond acceptors (Lipinski definition) is 5. The summed E-state index contributed by atoms with van der Waals surface area (Å²) in [5, 5.41) is 0. The summed E-state index contributed by atoms with van der Waals surface area (Å²) in [7, 11) is -2.57. The topological polar surface area (TPSA) is 107 Å². The second-order valence-electron chi connectivity index (χ2n) is 5.56. The third-order valence-electron chi connectivity index (χ3n) is 3.88. The molecule has 0 aliphatic carbocycles. The lowest BCUT2D eigenvalue weighted by Crippen LogP contribution is -2.25. The van der Waals surface area contributed by atoms with Crippen molar-refractivity contribution >= 4 is 26.7 Å². The fraction of sp³-hybridized carbons (Fsp3) is 0.188. The molecule has 0 radical (unpaired) electrons. The standard InChI is InChI=1S/C16H17N3O4S/c1-9-7-15(10(2)6-14(9)23-3)24(21,22)19-13-8-11(17)4-5-12(13)18-16(19)20/h4-8H,17H2,1-3H3,(H,18,20). The molecule has 0 saturated heterocycles. The summed E-state index contributed by atoms with van der Waals surface area (Å²) in [5.41, 5.74) is 7.14. The smallest absolute Gasteiger partial charge is 0.340 e. The first-order chi connectivity index (χ1) is 11.3. The Balaban J connectivity index is 2.34. The third-order valence-corrected chi connectivity index (χ3v) is 5.72. The van der Waals surface area contributed by atoms with E-state index in [0.717, 1.165) is 3.97 Å². The number of nitrogens with two attached hydrogens (primary N) is 1. The van der Waals surface area contributed by atoms with Crippen molar-refractivity contribution in [2.45, 2.75) is 18.7 Å². The average Bonchev–Trinajstić information content (AvgIpc) is 2.84. The van der Waals surface area contributed by atoms with Crippen LogP contribution in [0.5, 0.6) is 5.75 Å². The highest BCUT2D eigenvalue weighted by molar-refractivity contribution is 7.90. The van der Waals surface area contributed by atoms with E-state index in [4.69, 9.17) is 10.5 Å². The summed E-state index contributed by atoms with van der Waals surface area (Å²) in [6, 6.07) is 7.76. The quantitative estimate of drug-likeness (QED) is 0.702. The molecule has 1 aromatic heterocycles. The monoisotopic (exact) mass is 347 g/mol. The first-order valence-electron chi connectivity index (χ1n) is 7.17. The molecule has 8 heteroatoms. The average molecular weight is 347 g/mol. The first kappa shape index (κ1) is 16.1. The van der Waals surface area contributed by atoms with E-state index in [0.29, 0.717) is 28.1 Å². The molecular formula is C16H17N3O4S.